The number of carbonyl (C=O) groups excluding carboxylic acids is 3. The number of anilines is 1. The molecule has 2 aromatic carbocycles. The lowest BCUT2D eigenvalue weighted by Crippen LogP contribution is -2.43. The lowest BCUT2D eigenvalue weighted by molar-refractivity contribution is -0.137. The van der Waals surface area contributed by atoms with E-state index in [-0.39, 0.29) is 23.1 Å². The molecule has 3 aliphatic rings. The molecule has 0 radical (unpaired) electrons. The highest BCUT2D eigenvalue weighted by Crippen LogP contribution is 2.53. The maximum Gasteiger partial charge on any atom is 0.305 e. The molecule has 3 aliphatic heterocycles. The number of aromatic amines is 1. The Balaban J connectivity index is 1.34. The minimum atomic E-state index is -0.805. The van der Waals surface area contributed by atoms with Crippen molar-refractivity contribution in [2.45, 2.75) is 23.1 Å². The third kappa shape index (κ3) is 5.13. The largest absolute Gasteiger partial charge is 0.490 e. The molecule has 4 heterocycles. The number of benzene rings is 2. The van der Waals surface area contributed by atoms with Crippen LogP contribution < -0.4 is 19.2 Å². The minimum Gasteiger partial charge on any atom is -0.490 e. The monoisotopic (exact) mass is 599 g/mol. The zero-order valence-corrected chi connectivity index (χ0v) is 23.6. The molecule has 0 saturated carbocycles. The van der Waals surface area contributed by atoms with Crippen molar-refractivity contribution in [3.8, 4) is 11.5 Å². The Hall–Kier alpha value is -3.68. The van der Waals surface area contributed by atoms with E-state index in [0.29, 0.717) is 59.9 Å². The number of thiazole rings is 1. The standard InChI is InChI=1S/C28H26FN3O7S2/c1-2-38-19-13-15(3-8-18(19)39-14-20(33)31-9-11-37-12-10-31)21-22-24(40-25-23(21)41-28(36)30-25)27(35)32(26(22)34)17-6-4-16(29)5-7-17/h3-8,13,21-22,24H,2,9-12,14H2,1H3,(H,30,36). The molecule has 1 aromatic heterocycles. The van der Waals surface area contributed by atoms with Crippen LogP contribution in [0.2, 0.25) is 0 Å². The van der Waals surface area contributed by atoms with Crippen molar-refractivity contribution in [2.75, 3.05) is 44.4 Å². The van der Waals surface area contributed by atoms with Gasteiger partial charge in [0, 0.05) is 23.9 Å². The Labute approximate surface area is 242 Å². The summed E-state index contributed by atoms with van der Waals surface area (Å²) in [6, 6.07) is 10.4. The summed E-state index contributed by atoms with van der Waals surface area (Å²) in [4.78, 5) is 58.4. The van der Waals surface area contributed by atoms with Gasteiger partial charge >= 0.3 is 4.87 Å². The van der Waals surface area contributed by atoms with E-state index in [1.54, 1.807) is 23.1 Å². The molecule has 3 aromatic rings. The van der Waals surface area contributed by atoms with Crippen LogP contribution in [0, 0.1) is 11.7 Å². The Bertz CT molecular complexity index is 1550. The maximum atomic E-state index is 13.8. The van der Waals surface area contributed by atoms with Gasteiger partial charge in [-0.05, 0) is 48.9 Å². The van der Waals surface area contributed by atoms with Crippen molar-refractivity contribution in [3.63, 3.8) is 0 Å². The predicted octanol–water partition coefficient (Wildman–Crippen LogP) is 3.01. The number of morpholine rings is 1. The van der Waals surface area contributed by atoms with Crippen molar-refractivity contribution >= 4 is 46.5 Å². The maximum absolute atomic E-state index is 13.8. The van der Waals surface area contributed by atoms with Gasteiger partial charge in [-0.15, -0.1) is 0 Å². The number of imide groups is 1. The van der Waals surface area contributed by atoms with Gasteiger partial charge in [0.1, 0.15) is 11.1 Å². The van der Waals surface area contributed by atoms with Crippen molar-refractivity contribution in [1.29, 1.82) is 0 Å². The molecule has 3 unspecified atom stereocenters. The summed E-state index contributed by atoms with van der Waals surface area (Å²) in [5.41, 5.74) is 0.949. The van der Waals surface area contributed by atoms with Crippen LogP contribution in [0.3, 0.4) is 0 Å². The second-order valence-corrected chi connectivity index (χ2v) is 11.8. The molecule has 13 heteroatoms. The zero-order chi connectivity index (χ0) is 28.7. The van der Waals surface area contributed by atoms with Gasteiger partial charge in [0.15, 0.2) is 18.1 Å². The van der Waals surface area contributed by atoms with Crippen LogP contribution in [0.1, 0.15) is 23.3 Å². The SMILES string of the molecule is CCOc1cc(C2c3sc(=O)[nH]c3SC3C(=O)N(c4ccc(F)cc4)C(=O)C32)ccc1OCC(=O)N1CCOCC1. The second-order valence-electron chi connectivity index (χ2n) is 9.66. The number of H-pyrrole nitrogens is 1. The van der Waals surface area contributed by atoms with Crippen molar-refractivity contribution in [3.05, 3.63) is 68.4 Å². The van der Waals surface area contributed by atoms with Gasteiger partial charge in [-0.2, -0.15) is 0 Å². The number of fused-ring (bicyclic) bond motifs is 2. The Kier molecular flexibility index (Phi) is 7.58. The van der Waals surface area contributed by atoms with Crippen LogP contribution >= 0.6 is 23.1 Å². The summed E-state index contributed by atoms with van der Waals surface area (Å²) >= 11 is 2.17. The van der Waals surface area contributed by atoms with Gasteiger partial charge in [-0.3, -0.25) is 19.2 Å². The molecule has 0 aliphatic carbocycles. The fourth-order valence-corrected chi connectivity index (χ4v) is 7.89. The van der Waals surface area contributed by atoms with Crippen molar-refractivity contribution in [2.24, 2.45) is 5.92 Å². The molecule has 41 heavy (non-hydrogen) atoms. The molecule has 0 spiro atoms. The summed E-state index contributed by atoms with van der Waals surface area (Å²) in [6.07, 6.45) is 0. The highest BCUT2D eigenvalue weighted by Gasteiger charge is 2.56. The quantitative estimate of drug-likeness (QED) is 0.412. The van der Waals surface area contributed by atoms with E-state index in [0.717, 1.165) is 28.0 Å². The fourth-order valence-electron chi connectivity index (χ4n) is 5.37. The predicted molar refractivity (Wildman–Crippen MR) is 149 cm³/mol. The lowest BCUT2D eigenvalue weighted by Gasteiger charge is -2.30. The van der Waals surface area contributed by atoms with Crippen molar-refractivity contribution in [1.82, 2.24) is 9.88 Å². The van der Waals surface area contributed by atoms with Crippen LogP contribution in [0.5, 0.6) is 11.5 Å². The molecular formula is C28H26FN3O7S2. The van der Waals surface area contributed by atoms with E-state index < -0.39 is 34.7 Å². The van der Waals surface area contributed by atoms with E-state index in [1.807, 2.05) is 6.92 Å². The summed E-state index contributed by atoms with van der Waals surface area (Å²) in [5.74, 6) is -2.17. The fraction of sp³-hybridized carbons (Fsp3) is 0.357. The number of carbonyl (C=O) groups is 3. The van der Waals surface area contributed by atoms with E-state index in [2.05, 4.69) is 4.98 Å². The van der Waals surface area contributed by atoms with Crippen LogP contribution in [0.15, 0.2) is 52.3 Å². The molecular weight excluding hydrogens is 573 g/mol. The zero-order valence-electron chi connectivity index (χ0n) is 22.0. The molecule has 6 rings (SSSR count). The number of nitrogens with zero attached hydrogens (tertiary/aromatic N) is 2. The van der Waals surface area contributed by atoms with E-state index in [4.69, 9.17) is 14.2 Å². The van der Waals surface area contributed by atoms with Gasteiger partial charge in [0.05, 0.1) is 36.5 Å². The number of hydrogen-bond acceptors (Lipinski definition) is 9. The minimum absolute atomic E-state index is 0.162. The molecule has 1 N–H and O–H groups in total. The first-order chi connectivity index (χ1) is 19.9. The normalized spacial score (nSPS) is 22.0. The summed E-state index contributed by atoms with van der Waals surface area (Å²) in [7, 11) is 0. The molecule has 3 atom stereocenters. The van der Waals surface area contributed by atoms with Crippen LogP contribution in [0.25, 0.3) is 0 Å². The first-order valence-corrected chi connectivity index (χ1v) is 14.8. The third-order valence-electron chi connectivity index (χ3n) is 7.25. The molecule has 2 saturated heterocycles. The molecule has 10 nitrogen and oxygen atoms in total. The molecule has 3 amide bonds. The molecule has 2 fully saturated rings. The smallest absolute Gasteiger partial charge is 0.305 e. The van der Waals surface area contributed by atoms with Gasteiger partial charge < -0.3 is 24.1 Å². The topological polar surface area (TPSA) is 118 Å². The summed E-state index contributed by atoms with van der Waals surface area (Å²) in [6.45, 7) is 3.95. The number of halogens is 1. The van der Waals surface area contributed by atoms with Crippen molar-refractivity contribution < 1.29 is 33.0 Å². The lowest BCUT2D eigenvalue weighted by atomic mass is 9.83. The summed E-state index contributed by atoms with van der Waals surface area (Å²) in [5, 5.41) is -0.240. The number of rotatable bonds is 7. The number of hydrogen-bond donors (Lipinski definition) is 1. The number of amides is 3. The second kappa shape index (κ2) is 11.3. The highest BCUT2D eigenvalue weighted by molar-refractivity contribution is 8.00. The van der Waals surface area contributed by atoms with Crippen LogP contribution in [-0.4, -0.2) is 72.4 Å². The summed E-state index contributed by atoms with van der Waals surface area (Å²) < 4.78 is 30.6. The van der Waals surface area contributed by atoms with E-state index in [9.17, 15) is 23.6 Å². The first kappa shape index (κ1) is 27.5. The highest BCUT2D eigenvalue weighted by atomic mass is 32.2. The van der Waals surface area contributed by atoms with Gasteiger partial charge in [-0.1, -0.05) is 29.2 Å². The van der Waals surface area contributed by atoms with Crippen LogP contribution in [-0.2, 0) is 19.1 Å². The Morgan fingerprint density at radius 2 is 1.80 bits per heavy atom. The van der Waals surface area contributed by atoms with E-state index in [1.165, 1.54) is 24.3 Å². The first-order valence-electron chi connectivity index (χ1n) is 13.1. The van der Waals surface area contributed by atoms with Gasteiger partial charge in [-0.25, -0.2) is 9.29 Å². The molecule has 214 valence electrons. The average molecular weight is 600 g/mol. The van der Waals surface area contributed by atoms with Gasteiger partial charge in [0.25, 0.3) is 5.91 Å². The number of aromatic nitrogens is 1. The number of nitrogens with one attached hydrogen (secondary N) is 1. The average Bonchev–Trinajstić information content (AvgIpc) is 3.47. The number of thioether (sulfide) groups is 1. The Morgan fingerprint density at radius 1 is 1.05 bits per heavy atom. The van der Waals surface area contributed by atoms with E-state index >= 15 is 0 Å². The van der Waals surface area contributed by atoms with Gasteiger partial charge in [0.2, 0.25) is 11.8 Å². The molecule has 0 bridgehead atoms. The number of ether oxygens (including phenoxy) is 3. The third-order valence-corrected chi connectivity index (χ3v) is 9.65. The Morgan fingerprint density at radius 3 is 2.54 bits per heavy atom. The van der Waals surface area contributed by atoms with Crippen LogP contribution in [0.4, 0.5) is 10.1 Å².